The van der Waals surface area contributed by atoms with Gasteiger partial charge in [0.05, 0.1) is 0 Å². The number of hydrogen-bond acceptors (Lipinski definition) is 3. The molecule has 0 aromatic heterocycles. The van der Waals surface area contributed by atoms with E-state index in [1.54, 1.807) is 20.8 Å². The van der Waals surface area contributed by atoms with Crippen LogP contribution in [-0.2, 0) is 4.74 Å². The van der Waals surface area contributed by atoms with Crippen molar-refractivity contribution in [2.24, 2.45) is 0 Å². The average molecular weight is 299 g/mol. The number of alkyl carbamates (subject to hydrolysis) is 1. The Balaban J connectivity index is 1.75. The molecule has 0 radical (unpaired) electrons. The zero-order chi connectivity index (χ0) is 15.6. The van der Waals surface area contributed by atoms with E-state index in [1.165, 1.54) is 6.07 Å². The Morgan fingerprint density at radius 2 is 1.95 bits per heavy atom. The monoisotopic (exact) mass is 299 g/mol. The van der Waals surface area contributed by atoms with E-state index in [9.17, 15) is 13.6 Å². The summed E-state index contributed by atoms with van der Waals surface area (Å²) in [7, 11) is 0. The molecule has 6 heteroatoms. The molecule has 0 atom stereocenters. The van der Waals surface area contributed by atoms with Crippen molar-refractivity contribution >= 4 is 6.09 Å². The van der Waals surface area contributed by atoms with Gasteiger partial charge in [-0.25, -0.2) is 13.6 Å². The van der Waals surface area contributed by atoms with Gasteiger partial charge in [0.1, 0.15) is 17.5 Å². The highest BCUT2D eigenvalue weighted by molar-refractivity contribution is 5.68. The summed E-state index contributed by atoms with van der Waals surface area (Å²) in [5.41, 5.74) is -0.541. The minimum atomic E-state index is -0.724. The molecule has 1 saturated carbocycles. The number of hydrogen-bond donors (Lipinski definition) is 1. The molecule has 0 heterocycles. The van der Waals surface area contributed by atoms with Gasteiger partial charge in [0.15, 0.2) is 11.6 Å². The van der Waals surface area contributed by atoms with Gasteiger partial charge in [-0.1, -0.05) is 0 Å². The summed E-state index contributed by atoms with van der Waals surface area (Å²) in [6, 6.07) is 3.14. The minimum absolute atomic E-state index is 0.0251. The predicted octanol–water partition coefficient (Wildman–Crippen LogP) is 3.40. The quantitative estimate of drug-likeness (QED) is 0.930. The summed E-state index contributed by atoms with van der Waals surface area (Å²) >= 11 is 0. The molecule has 1 aliphatic carbocycles. The van der Waals surface area contributed by atoms with Crippen LogP contribution in [0.3, 0.4) is 0 Å². The lowest BCUT2D eigenvalue weighted by atomic mass is 9.89. The van der Waals surface area contributed by atoms with E-state index in [1.807, 2.05) is 0 Å². The molecule has 0 saturated heterocycles. The second-order valence-electron chi connectivity index (χ2n) is 6.13. The van der Waals surface area contributed by atoms with Crippen molar-refractivity contribution in [3.63, 3.8) is 0 Å². The van der Waals surface area contributed by atoms with Crippen LogP contribution >= 0.6 is 0 Å². The Morgan fingerprint density at radius 3 is 2.52 bits per heavy atom. The zero-order valence-corrected chi connectivity index (χ0v) is 12.3. The van der Waals surface area contributed by atoms with E-state index in [4.69, 9.17) is 9.47 Å². The molecular weight excluding hydrogens is 280 g/mol. The number of amides is 1. The summed E-state index contributed by atoms with van der Waals surface area (Å²) < 4.78 is 36.7. The van der Waals surface area contributed by atoms with Gasteiger partial charge in [-0.05, 0) is 32.9 Å². The Bertz CT molecular complexity index is 522. The summed E-state index contributed by atoms with van der Waals surface area (Å²) in [4.78, 5) is 11.5. The normalized spacial score (nSPS) is 21.4. The molecule has 2 rings (SSSR count). The van der Waals surface area contributed by atoms with Gasteiger partial charge in [0.25, 0.3) is 0 Å². The fourth-order valence-corrected chi connectivity index (χ4v) is 2.00. The van der Waals surface area contributed by atoms with Crippen molar-refractivity contribution < 1.29 is 23.0 Å². The number of carbonyl (C=O) groups is 1. The van der Waals surface area contributed by atoms with E-state index >= 15 is 0 Å². The number of halogens is 2. The first-order chi connectivity index (χ1) is 9.73. The van der Waals surface area contributed by atoms with Gasteiger partial charge in [0, 0.05) is 24.9 Å². The molecule has 21 heavy (non-hydrogen) atoms. The third-order valence-corrected chi connectivity index (χ3v) is 3.00. The Labute approximate surface area is 122 Å². The van der Waals surface area contributed by atoms with Gasteiger partial charge in [0.2, 0.25) is 0 Å². The summed E-state index contributed by atoms with van der Waals surface area (Å²) in [6.07, 6.45) is 0.468. The van der Waals surface area contributed by atoms with Crippen LogP contribution in [0.5, 0.6) is 5.75 Å². The van der Waals surface area contributed by atoms with Gasteiger partial charge in [-0.2, -0.15) is 0 Å². The molecule has 0 spiro atoms. The van der Waals surface area contributed by atoms with Gasteiger partial charge in [-0.3, -0.25) is 0 Å². The van der Waals surface area contributed by atoms with Gasteiger partial charge < -0.3 is 14.8 Å². The van der Waals surface area contributed by atoms with Crippen molar-refractivity contribution in [2.75, 3.05) is 0 Å². The first-order valence-electron chi connectivity index (χ1n) is 6.84. The van der Waals surface area contributed by atoms with Crippen molar-refractivity contribution in [1.29, 1.82) is 0 Å². The largest absolute Gasteiger partial charge is 0.487 e. The van der Waals surface area contributed by atoms with Crippen LogP contribution in [0.4, 0.5) is 13.6 Å². The number of benzene rings is 1. The molecule has 116 valence electrons. The van der Waals surface area contributed by atoms with Crippen LogP contribution < -0.4 is 10.1 Å². The van der Waals surface area contributed by atoms with Crippen LogP contribution in [0.2, 0.25) is 0 Å². The Kier molecular flexibility index (Phi) is 4.34. The lowest BCUT2D eigenvalue weighted by molar-refractivity contribution is 0.0355. The van der Waals surface area contributed by atoms with Crippen LogP contribution in [0.25, 0.3) is 0 Å². The van der Waals surface area contributed by atoms with E-state index < -0.39 is 23.3 Å². The van der Waals surface area contributed by atoms with Gasteiger partial charge >= 0.3 is 6.09 Å². The third kappa shape index (κ3) is 4.58. The van der Waals surface area contributed by atoms with Crippen molar-refractivity contribution in [2.45, 2.75) is 51.4 Å². The fraction of sp³-hybridized carbons (Fsp3) is 0.533. The lowest BCUT2D eigenvalue weighted by Gasteiger charge is -2.36. The van der Waals surface area contributed by atoms with Crippen LogP contribution in [-0.4, -0.2) is 23.8 Å². The highest BCUT2D eigenvalue weighted by atomic mass is 19.1. The van der Waals surface area contributed by atoms with Crippen molar-refractivity contribution in [1.82, 2.24) is 5.32 Å². The number of rotatable bonds is 3. The molecule has 0 bridgehead atoms. The maximum Gasteiger partial charge on any atom is 0.407 e. The molecule has 0 unspecified atom stereocenters. The van der Waals surface area contributed by atoms with Crippen LogP contribution in [0.1, 0.15) is 33.6 Å². The van der Waals surface area contributed by atoms with Crippen LogP contribution in [0.15, 0.2) is 18.2 Å². The van der Waals surface area contributed by atoms with E-state index in [-0.39, 0.29) is 17.9 Å². The Morgan fingerprint density at radius 1 is 1.29 bits per heavy atom. The molecule has 1 N–H and O–H groups in total. The molecule has 4 nitrogen and oxygen atoms in total. The lowest BCUT2D eigenvalue weighted by Crippen LogP contribution is -2.50. The fourth-order valence-electron chi connectivity index (χ4n) is 2.00. The SMILES string of the molecule is CC(C)(C)OC(=O)NC1CC(Oc2ccc(F)cc2F)C1. The molecular formula is C15H19F2NO3. The van der Waals surface area contributed by atoms with Crippen molar-refractivity contribution in [3.05, 3.63) is 29.8 Å². The third-order valence-electron chi connectivity index (χ3n) is 3.00. The molecule has 1 amide bonds. The predicted molar refractivity (Wildman–Crippen MR) is 73.2 cm³/mol. The first-order valence-corrected chi connectivity index (χ1v) is 6.84. The number of ether oxygens (including phenoxy) is 2. The zero-order valence-electron chi connectivity index (χ0n) is 12.3. The first kappa shape index (κ1) is 15.5. The van der Waals surface area contributed by atoms with E-state index in [0.29, 0.717) is 12.8 Å². The molecule has 1 aromatic carbocycles. The Hall–Kier alpha value is -1.85. The molecule has 0 aliphatic heterocycles. The van der Waals surface area contributed by atoms with Crippen LogP contribution in [0, 0.1) is 11.6 Å². The second-order valence-corrected chi connectivity index (χ2v) is 6.13. The van der Waals surface area contributed by atoms with E-state index in [0.717, 1.165) is 12.1 Å². The number of nitrogens with one attached hydrogen (secondary N) is 1. The van der Waals surface area contributed by atoms with Gasteiger partial charge in [-0.15, -0.1) is 0 Å². The topological polar surface area (TPSA) is 47.6 Å². The maximum atomic E-state index is 13.4. The van der Waals surface area contributed by atoms with Crippen molar-refractivity contribution in [3.8, 4) is 5.75 Å². The standard InChI is InChI=1S/C15H19F2NO3/c1-15(2,3)21-14(19)18-10-7-11(8-10)20-13-5-4-9(16)6-12(13)17/h4-6,10-11H,7-8H2,1-3H3,(H,18,19). The minimum Gasteiger partial charge on any atom is -0.487 e. The summed E-state index contributed by atoms with van der Waals surface area (Å²) in [5, 5.41) is 2.72. The summed E-state index contributed by atoms with van der Waals surface area (Å²) in [6.45, 7) is 5.36. The molecule has 1 aromatic rings. The molecule has 1 fully saturated rings. The maximum absolute atomic E-state index is 13.4. The highest BCUT2D eigenvalue weighted by Crippen LogP contribution is 2.28. The summed E-state index contributed by atoms with van der Waals surface area (Å²) in [5.74, 6) is -1.34. The highest BCUT2D eigenvalue weighted by Gasteiger charge is 2.33. The average Bonchev–Trinajstić information content (AvgIpc) is 2.26. The number of carbonyl (C=O) groups excluding carboxylic acids is 1. The molecule has 1 aliphatic rings. The smallest absolute Gasteiger partial charge is 0.407 e. The van der Waals surface area contributed by atoms with E-state index in [2.05, 4.69) is 5.32 Å². The second kappa shape index (κ2) is 5.87.